The number of nitrogens with one attached hydrogen (secondary N) is 1. The lowest BCUT2D eigenvalue weighted by atomic mass is 9.86. The molecule has 0 rings (SSSR count). The summed E-state index contributed by atoms with van der Waals surface area (Å²) >= 11 is 0. The number of nitrogens with two attached hydrogens (primary N) is 2. The lowest BCUT2D eigenvalue weighted by molar-refractivity contribution is -0.152. The Balaban J connectivity index is -0.000000888. The van der Waals surface area contributed by atoms with Crippen LogP contribution in [0.3, 0.4) is 0 Å². The molecule has 0 fully saturated rings. The second-order valence-electron chi connectivity index (χ2n) is 23.0. The van der Waals surface area contributed by atoms with E-state index in [-0.39, 0.29) is 51.3 Å². The molecule has 2 atom stereocenters. The number of hydrogen-bond acceptors (Lipinski definition) is 14. The Kier molecular flexibility index (Phi) is 33.8. The number of amides is 1. The Labute approximate surface area is 406 Å². The highest BCUT2D eigenvalue weighted by atomic mass is 33.1. The van der Waals surface area contributed by atoms with Gasteiger partial charge in [-0.3, -0.25) is 33.6 Å². The number of ketones is 5. The van der Waals surface area contributed by atoms with Gasteiger partial charge in [-0.2, -0.15) is 0 Å². The lowest BCUT2D eigenvalue weighted by Crippen LogP contribution is -2.43. The van der Waals surface area contributed by atoms with Gasteiger partial charge in [-0.15, -0.1) is 0 Å². The molecule has 0 bridgehead atoms. The topological polar surface area (TPSA) is 193 Å². The van der Waals surface area contributed by atoms with Crippen LogP contribution >= 0.6 is 43.2 Å². The molecule has 376 valence electrons. The maximum atomic E-state index is 11.9. The van der Waals surface area contributed by atoms with Gasteiger partial charge in [-0.05, 0) is 57.3 Å². The molecular weight excluding hydrogens is 887 g/mol. The van der Waals surface area contributed by atoms with Crippen LogP contribution in [-0.2, 0) is 38.3 Å². The van der Waals surface area contributed by atoms with E-state index in [4.69, 9.17) is 16.2 Å². The Hall–Kier alpha value is -1.39. The predicted molar refractivity (Wildman–Crippen MR) is 278 cm³/mol. The normalized spacial score (nSPS) is 13.3. The van der Waals surface area contributed by atoms with Gasteiger partial charge in [-0.1, -0.05) is 147 Å². The monoisotopic (exact) mass is 980 g/mol. The summed E-state index contributed by atoms with van der Waals surface area (Å²) in [6, 6.07) is -1.03. The van der Waals surface area contributed by atoms with Gasteiger partial charge >= 0.3 is 5.97 Å². The van der Waals surface area contributed by atoms with E-state index < -0.39 is 22.9 Å². The highest BCUT2D eigenvalue weighted by molar-refractivity contribution is 8.77. The fraction of sp³-hybridized carbons (Fsp3) is 0.857. The van der Waals surface area contributed by atoms with Crippen molar-refractivity contribution in [2.24, 2.45) is 44.0 Å². The summed E-state index contributed by atoms with van der Waals surface area (Å²) in [7, 11) is 6.44. The minimum Gasteiger partial charge on any atom is -0.464 e. The first kappa shape index (κ1) is 66.9. The number of esters is 1. The smallest absolute Gasteiger partial charge is 0.311 e. The van der Waals surface area contributed by atoms with Crippen molar-refractivity contribution in [3.8, 4) is 0 Å². The number of rotatable bonds is 26. The maximum absolute atomic E-state index is 11.9. The first-order chi connectivity index (χ1) is 28.8. The molecule has 0 heterocycles. The molecule has 2 unspecified atom stereocenters. The van der Waals surface area contributed by atoms with Gasteiger partial charge in [0.15, 0.2) is 0 Å². The third kappa shape index (κ3) is 40.8. The zero-order valence-corrected chi connectivity index (χ0v) is 46.8. The highest BCUT2D eigenvalue weighted by Gasteiger charge is 2.25. The van der Waals surface area contributed by atoms with Crippen molar-refractivity contribution in [3.63, 3.8) is 0 Å². The van der Waals surface area contributed by atoms with E-state index in [0.717, 1.165) is 18.6 Å². The number of carbonyl (C=O) groups is 7. The zero-order valence-electron chi connectivity index (χ0n) is 43.5. The van der Waals surface area contributed by atoms with Crippen molar-refractivity contribution in [2.45, 2.75) is 201 Å². The van der Waals surface area contributed by atoms with E-state index >= 15 is 0 Å². The first-order valence-electron chi connectivity index (χ1n) is 22.9. The summed E-state index contributed by atoms with van der Waals surface area (Å²) in [6.07, 6.45) is 6.33. The summed E-state index contributed by atoms with van der Waals surface area (Å²) in [5.41, 5.74) is 10.8. The minimum atomic E-state index is -0.626. The van der Waals surface area contributed by atoms with Crippen molar-refractivity contribution < 1.29 is 38.3 Å². The SMILES string of the molecule is CC(C)(C)C(=O)CCNC(=O)C(N)CSSCCOC(=O)C(C)(C)C.CC(C)(C)CCC(=O)CCCC(=O)C(C)(C)C.CC(C)(C)CCSSCC(N)C(=O)CCCC(=O)C(C)(C)C. The molecule has 0 radical (unpaired) electrons. The number of Topliss-reactive ketones (excluding diaryl/α,β-unsaturated/α-hetero) is 5. The van der Waals surface area contributed by atoms with Gasteiger partial charge in [0, 0.05) is 84.3 Å². The van der Waals surface area contributed by atoms with Gasteiger partial charge in [0.2, 0.25) is 5.91 Å². The molecule has 0 saturated carbocycles. The van der Waals surface area contributed by atoms with E-state index in [1.165, 1.54) is 21.6 Å². The molecule has 0 spiro atoms. The van der Waals surface area contributed by atoms with Crippen molar-refractivity contribution in [3.05, 3.63) is 0 Å². The first-order valence-corrected chi connectivity index (χ1v) is 27.9. The number of carbonyl (C=O) groups excluding carboxylic acids is 7. The van der Waals surface area contributed by atoms with Crippen LogP contribution < -0.4 is 16.8 Å². The Morgan fingerprint density at radius 2 is 0.906 bits per heavy atom. The summed E-state index contributed by atoms with van der Waals surface area (Å²) in [4.78, 5) is 82.2. The van der Waals surface area contributed by atoms with Gasteiger partial charge in [0.25, 0.3) is 0 Å². The molecule has 5 N–H and O–H groups in total. The Morgan fingerprint density at radius 1 is 0.484 bits per heavy atom. The molecule has 0 aromatic rings. The van der Waals surface area contributed by atoms with Crippen LogP contribution in [0.15, 0.2) is 0 Å². The average Bonchev–Trinajstić information content (AvgIpc) is 3.12. The maximum Gasteiger partial charge on any atom is 0.311 e. The van der Waals surface area contributed by atoms with Crippen molar-refractivity contribution in [2.75, 3.05) is 36.2 Å². The lowest BCUT2D eigenvalue weighted by Gasteiger charge is -2.17. The van der Waals surface area contributed by atoms with Crippen molar-refractivity contribution in [1.29, 1.82) is 0 Å². The number of hydrogen-bond donors (Lipinski definition) is 3. The van der Waals surface area contributed by atoms with Crippen LogP contribution in [0.2, 0.25) is 0 Å². The molecule has 0 aromatic carbocycles. The van der Waals surface area contributed by atoms with E-state index in [1.807, 2.05) is 83.1 Å². The van der Waals surface area contributed by atoms with Crippen LogP contribution in [0.4, 0.5) is 0 Å². The fourth-order valence-electron chi connectivity index (χ4n) is 4.51. The van der Waals surface area contributed by atoms with Gasteiger partial charge in [0.1, 0.15) is 35.5 Å². The summed E-state index contributed by atoms with van der Waals surface area (Å²) < 4.78 is 5.15. The quantitative estimate of drug-likeness (QED) is 0.0421. The summed E-state index contributed by atoms with van der Waals surface area (Å²) in [5, 5.41) is 2.69. The summed E-state index contributed by atoms with van der Waals surface area (Å²) in [6.45, 7) is 36.3. The zero-order chi connectivity index (χ0) is 50.8. The molecule has 0 aromatic heterocycles. The third-order valence-corrected chi connectivity index (χ3v) is 14.2. The van der Waals surface area contributed by atoms with Gasteiger partial charge in [-0.25, -0.2) is 0 Å². The average molecular weight is 981 g/mol. The predicted octanol–water partition coefficient (Wildman–Crippen LogP) is 11.1. The van der Waals surface area contributed by atoms with Crippen molar-refractivity contribution >= 4 is 84.0 Å². The second kappa shape index (κ2) is 32.4. The molecule has 0 saturated heterocycles. The van der Waals surface area contributed by atoms with Gasteiger partial charge in [0.05, 0.1) is 17.5 Å². The molecule has 1 amide bonds. The van der Waals surface area contributed by atoms with Crippen LogP contribution in [0.25, 0.3) is 0 Å². The van der Waals surface area contributed by atoms with Crippen LogP contribution in [0.1, 0.15) is 189 Å². The molecule has 15 heteroatoms. The molecule has 11 nitrogen and oxygen atoms in total. The van der Waals surface area contributed by atoms with Crippen molar-refractivity contribution in [1.82, 2.24) is 5.32 Å². The molecule has 64 heavy (non-hydrogen) atoms. The second-order valence-corrected chi connectivity index (χ2v) is 28.2. The van der Waals surface area contributed by atoms with E-state index in [9.17, 15) is 33.6 Å². The van der Waals surface area contributed by atoms with E-state index in [1.54, 1.807) is 21.6 Å². The molecule has 0 aliphatic carbocycles. The van der Waals surface area contributed by atoms with E-state index in [2.05, 4.69) is 46.9 Å². The minimum absolute atomic E-state index is 0.0747. The molecular formula is C49H93N3O8S4. The van der Waals surface area contributed by atoms with Gasteiger partial charge < -0.3 is 21.5 Å². The highest BCUT2D eigenvalue weighted by Crippen LogP contribution is 2.29. The van der Waals surface area contributed by atoms with Crippen LogP contribution in [0.5, 0.6) is 0 Å². The van der Waals surface area contributed by atoms with Crippen LogP contribution in [0, 0.1) is 32.5 Å². The largest absolute Gasteiger partial charge is 0.464 e. The standard InChI is InChI=1S/C17H32N2O4S2.C17H33NO2S2.C15H28O2/c1-16(2,3)13(20)7-8-19-14(21)12(18)11-25-24-10-9-23-15(22)17(4,5)6;1-16(2,3)10-11-21-22-12-13(18)14(19)8-7-9-15(20)17(4,5)6;1-14(2,3)11-10-12(16)8-7-9-13(17)15(4,5)6/h12H,7-11,18H2,1-6H3,(H,19,21);13H,7-12,18H2,1-6H3;7-11H2,1-6H3. The molecule has 0 aliphatic heterocycles. The third-order valence-electron chi connectivity index (χ3n) is 9.36. The number of ether oxygens (including phenoxy) is 1. The van der Waals surface area contributed by atoms with E-state index in [0.29, 0.717) is 93.0 Å². The Morgan fingerprint density at radius 3 is 1.34 bits per heavy atom. The fourth-order valence-corrected chi connectivity index (χ4v) is 9.04. The molecule has 0 aliphatic rings. The Bertz CT molecular complexity index is 1410. The summed E-state index contributed by atoms with van der Waals surface area (Å²) in [5.74, 6) is 3.28. The van der Waals surface area contributed by atoms with Crippen LogP contribution in [-0.4, -0.2) is 89.0 Å².